The minimum absolute atomic E-state index is 0.146. The molecule has 0 bridgehead atoms. The minimum atomic E-state index is 0.146. The number of carbonyl (C=O) groups excluding carboxylic acids is 1. The molecule has 2 aromatic heterocycles. The van der Waals surface area contributed by atoms with Crippen LogP contribution in [0.1, 0.15) is 54.4 Å². The molecule has 3 aromatic rings. The van der Waals surface area contributed by atoms with E-state index >= 15 is 0 Å². The van der Waals surface area contributed by atoms with Gasteiger partial charge in [0.05, 0.1) is 11.9 Å². The Balaban J connectivity index is 1.35. The molecule has 2 aliphatic carbocycles. The number of nitrogens with zero attached hydrogens (tertiary/aromatic N) is 4. The summed E-state index contributed by atoms with van der Waals surface area (Å²) < 4.78 is 2.06. The number of carbonyl (C=O) groups is 1. The van der Waals surface area contributed by atoms with E-state index in [-0.39, 0.29) is 5.91 Å². The lowest BCUT2D eigenvalue weighted by molar-refractivity contribution is 0.0766. The van der Waals surface area contributed by atoms with Crippen LogP contribution in [-0.4, -0.2) is 31.6 Å². The number of pyridine rings is 1. The van der Waals surface area contributed by atoms with Crippen LogP contribution in [0.4, 0.5) is 0 Å². The van der Waals surface area contributed by atoms with Gasteiger partial charge in [-0.2, -0.15) is 5.10 Å². The summed E-state index contributed by atoms with van der Waals surface area (Å²) in [6, 6.07) is 10.4. The molecule has 5 nitrogen and oxygen atoms in total. The van der Waals surface area contributed by atoms with Gasteiger partial charge in [0.25, 0.3) is 5.91 Å². The maximum atomic E-state index is 12.9. The molecule has 158 valence electrons. The van der Waals surface area contributed by atoms with Crippen molar-refractivity contribution in [1.82, 2.24) is 19.7 Å². The highest BCUT2D eigenvalue weighted by Crippen LogP contribution is 2.38. The van der Waals surface area contributed by atoms with Crippen LogP contribution in [-0.2, 0) is 13.1 Å². The van der Waals surface area contributed by atoms with Crippen LogP contribution in [0.15, 0.2) is 42.7 Å². The highest BCUT2D eigenvalue weighted by atomic mass is 35.5. The van der Waals surface area contributed by atoms with Gasteiger partial charge in [-0.05, 0) is 55.4 Å². The summed E-state index contributed by atoms with van der Waals surface area (Å²) in [7, 11) is 0. The Hall–Kier alpha value is -2.66. The third-order valence-electron chi connectivity index (χ3n) is 6.93. The van der Waals surface area contributed by atoms with Gasteiger partial charge in [0.1, 0.15) is 5.15 Å². The maximum absolute atomic E-state index is 12.9. The molecule has 3 heterocycles. The number of benzene rings is 1. The first kappa shape index (κ1) is 19.1. The fourth-order valence-corrected chi connectivity index (χ4v) is 5.25. The Bertz CT molecular complexity index is 1160. The van der Waals surface area contributed by atoms with E-state index < -0.39 is 0 Å². The monoisotopic (exact) mass is 432 g/mol. The van der Waals surface area contributed by atoms with E-state index in [4.69, 9.17) is 11.6 Å². The lowest BCUT2D eigenvalue weighted by atomic mass is 9.98. The van der Waals surface area contributed by atoms with Crippen molar-refractivity contribution < 1.29 is 4.79 Å². The smallest absolute Gasteiger partial charge is 0.254 e. The zero-order valence-electron chi connectivity index (χ0n) is 17.4. The van der Waals surface area contributed by atoms with E-state index in [1.807, 2.05) is 29.3 Å². The van der Waals surface area contributed by atoms with Crippen molar-refractivity contribution >= 4 is 17.5 Å². The molecule has 3 aliphatic rings. The first-order chi connectivity index (χ1) is 15.2. The SMILES string of the molecule is O=C1c2cc(-c3nc(Cl)ccc3-c3cnn(CC4CCCC4)c3)ccc2CN1C1CC1. The van der Waals surface area contributed by atoms with Gasteiger partial charge in [-0.1, -0.05) is 36.6 Å². The highest BCUT2D eigenvalue weighted by molar-refractivity contribution is 6.29. The van der Waals surface area contributed by atoms with Crippen molar-refractivity contribution in [3.05, 3.63) is 59.0 Å². The van der Waals surface area contributed by atoms with Crippen LogP contribution >= 0.6 is 11.6 Å². The van der Waals surface area contributed by atoms with E-state index in [0.717, 1.165) is 65.4 Å². The van der Waals surface area contributed by atoms with E-state index in [1.54, 1.807) is 0 Å². The largest absolute Gasteiger partial charge is 0.331 e. The average Bonchev–Trinajstić information content (AvgIpc) is 3.15. The van der Waals surface area contributed by atoms with Crippen LogP contribution in [0.5, 0.6) is 0 Å². The fourth-order valence-electron chi connectivity index (χ4n) is 5.10. The second-order valence-electron chi connectivity index (χ2n) is 9.17. The minimum Gasteiger partial charge on any atom is -0.331 e. The van der Waals surface area contributed by atoms with Gasteiger partial charge in [0.15, 0.2) is 0 Å². The van der Waals surface area contributed by atoms with Gasteiger partial charge in [0, 0.05) is 47.6 Å². The Morgan fingerprint density at radius 3 is 2.65 bits per heavy atom. The lowest BCUT2D eigenvalue weighted by Gasteiger charge is -2.13. The summed E-state index contributed by atoms with van der Waals surface area (Å²) >= 11 is 6.28. The van der Waals surface area contributed by atoms with Gasteiger partial charge >= 0.3 is 0 Å². The van der Waals surface area contributed by atoms with Crippen LogP contribution in [0, 0.1) is 5.92 Å². The van der Waals surface area contributed by atoms with E-state index in [1.165, 1.54) is 25.7 Å². The quantitative estimate of drug-likeness (QED) is 0.495. The molecule has 0 radical (unpaired) electrons. The molecule has 0 unspecified atom stereocenters. The molecule has 0 spiro atoms. The maximum Gasteiger partial charge on any atom is 0.254 e. The summed E-state index contributed by atoms with van der Waals surface area (Å²) in [4.78, 5) is 19.6. The van der Waals surface area contributed by atoms with Gasteiger partial charge in [0.2, 0.25) is 0 Å². The zero-order valence-corrected chi connectivity index (χ0v) is 18.2. The van der Waals surface area contributed by atoms with Crippen molar-refractivity contribution in [3.63, 3.8) is 0 Å². The number of amides is 1. The van der Waals surface area contributed by atoms with Gasteiger partial charge < -0.3 is 4.90 Å². The topological polar surface area (TPSA) is 51.0 Å². The molecule has 0 saturated heterocycles. The number of aromatic nitrogens is 3. The average molecular weight is 433 g/mol. The summed E-state index contributed by atoms with van der Waals surface area (Å²) in [6.45, 7) is 1.70. The van der Waals surface area contributed by atoms with Crippen LogP contribution < -0.4 is 0 Å². The summed E-state index contributed by atoms with van der Waals surface area (Å²) in [5.41, 5.74) is 5.65. The number of hydrogen-bond donors (Lipinski definition) is 0. The number of hydrogen-bond acceptors (Lipinski definition) is 3. The summed E-state index contributed by atoms with van der Waals surface area (Å²) in [5, 5.41) is 5.06. The normalized spacial score (nSPS) is 18.7. The second-order valence-corrected chi connectivity index (χ2v) is 9.56. The zero-order chi connectivity index (χ0) is 20.9. The van der Waals surface area contributed by atoms with Crippen molar-refractivity contribution in [2.45, 2.75) is 57.7 Å². The molecule has 0 atom stereocenters. The van der Waals surface area contributed by atoms with E-state index in [9.17, 15) is 4.79 Å². The third-order valence-corrected chi connectivity index (χ3v) is 7.14. The number of halogens is 1. The van der Waals surface area contributed by atoms with E-state index in [2.05, 4.69) is 33.1 Å². The van der Waals surface area contributed by atoms with Gasteiger partial charge in [-0.3, -0.25) is 9.48 Å². The van der Waals surface area contributed by atoms with Crippen LogP contribution in [0.25, 0.3) is 22.4 Å². The molecule has 31 heavy (non-hydrogen) atoms. The molecular formula is C25H25ClN4O. The predicted molar refractivity (Wildman–Crippen MR) is 121 cm³/mol. The molecule has 2 saturated carbocycles. The summed E-state index contributed by atoms with van der Waals surface area (Å²) in [6.07, 6.45) is 11.5. The Labute approximate surface area is 187 Å². The molecular weight excluding hydrogens is 408 g/mol. The van der Waals surface area contributed by atoms with Gasteiger partial charge in [-0.25, -0.2) is 4.98 Å². The number of fused-ring (bicyclic) bond motifs is 1. The first-order valence-corrected chi connectivity index (χ1v) is 11.7. The van der Waals surface area contributed by atoms with Crippen LogP contribution in [0.3, 0.4) is 0 Å². The fraction of sp³-hybridized carbons (Fsp3) is 0.400. The molecule has 6 heteroatoms. The Morgan fingerprint density at radius 2 is 1.84 bits per heavy atom. The number of rotatable bonds is 5. The Kier molecular flexibility index (Phi) is 4.60. The predicted octanol–water partition coefficient (Wildman–Crippen LogP) is 5.57. The van der Waals surface area contributed by atoms with Gasteiger partial charge in [-0.15, -0.1) is 0 Å². The third kappa shape index (κ3) is 3.55. The van der Waals surface area contributed by atoms with E-state index in [0.29, 0.717) is 11.2 Å². The molecule has 0 N–H and O–H groups in total. The summed E-state index contributed by atoms with van der Waals surface area (Å²) in [5.74, 6) is 0.875. The standard InChI is InChI=1S/C25H25ClN4O/c26-23-10-9-21(19-12-27-29(14-19)13-16-3-1-2-4-16)24(28-23)17-5-6-18-15-30(20-7-8-20)25(31)22(18)11-17/h5-6,9-12,14,16,20H,1-4,7-8,13,15H2. The molecule has 6 rings (SSSR count). The van der Waals surface area contributed by atoms with Crippen LogP contribution in [0.2, 0.25) is 5.15 Å². The molecule has 1 aliphatic heterocycles. The van der Waals surface area contributed by atoms with Crippen molar-refractivity contribution in [1.29, 1.82) is 0 Å². The highest BCUT2D eigenvalue weighted by Gasteiger charge is 2.38. The van der Waals surface area contributed by atoms with Crippen molar-refractivity contribution in [2.24, 2.45) is 5.92 Å². The van der Waals surface area contributed by atoms with Crippen molar-refractivity contribution in [3.8, 4) is 22.4 Å². The Morgan fingerprint density at radius 1 is 1.00 bits per heavy atom. The first-order valence-electron chi connectivity index (χ1n) is 11.3. The molecule has 2 fully saturated rings. The van der Waals surface area contributed by atoms with Crippen molar-refractivity contribution in [2.75, 3.05) is 0 Å². The molecule has 1 aromatic carbocycles. The second kappa shape index (κ2) is 7.49. The lowest BCUT2D eigenvalue weighted by Crippen LogP contribution is -2.25. The molecule has 1 amide bonds.